The van der Waals surface area contributed by atoms with Gasteiger partial charge in [0.1, 0.15) is 0 Å². The van der Waals surface area contributed by atoms with Crippen LogP contribution in [0.4, 0.5) is 8.78 Å². The zero-order valence-corrected chi connectivity index (χ0v) is 12.6. The Hall–Kier alpha value is -1.04. The van der Waals surface area contributed by atoms with Crippen molar-refractivity contribution >= 4 is 0 Å². The normalized spacial score (nSPS) is 14.6. The summed E-state index contributed by atoms with van der Waals surface area (Å²) in [6.45, 7) is 5.85. The van der Waals surface area contributed by atoms with Crippen LogP contribution in [0, 0.1) is 11.6 Å². The van der Waals surface area contributed by atoms with Crippen molar-refractivity contribution in [1.82, 2.24) is 10.2 Å². The fourth-order valence-corrected chi connectivity index (χ4v) is 2.15. The highest BCUT2D eigenvalue weighted by molar-refractivity contribution is 5.23. The number of hydrogen-bond donors (Lipinski definition) is 1. The van der Waals surface area contributed by atoms with Crippen molar-refractivity contribution in [3.05, 3.63) is 35.4 Å². The molecule has 2 unspecified atom stereocenters. The monoisotopic (exact) mass is 286 g/mol. The molecule has 1 rings (SSSR count). The summed E-state index contributed by atoms with van der Waals surface area (Å²) in [5, 5.41) is 3.21. The fourth-order valence-electron chi connectivity index (χ4n) is 2.15. The van der Waals surface area contributed by atoms with Crippen LogP contribution in [0.5, 0.6) is 0 Å². The van der Waals surface area contributed by atoms with E-state index in [4.69, 9.17) is 4.74 Å². The van der Waals surface area contributed by atoms with Crippen molar-refractivity contribution in [3.8, 4) is 0 Å². The molecule has 20 heavy (non-hydrogen) atoms. The highest BCUT2D eigenvalue weighted by atomic mass is 19.2. The minimum atomic E-state index is -0.807. The maximum atomic E-state index is 13.9. The van der Waals surface area contributed by atoms with E-state index in [9.17, 15) is 8.78 Å². The van der Waals surface area contributed by atoms with Gasteiger partial charge in [-0.25, -0.2) is 8.78 Å². The third-order valence-corrected chi connectivity index (χ3v) is 3.44. The largest absolute Gasteiger partial charge is 0.383 e. The lowest BCUT2D eigenvalue weighted by Gasteiger charge is -2.29. The first kappa shape index (κ1) is 17.0. The minimum Gasteiger partial charge on any atom is -0.383 e. The van der Waals surface area contributed by atoms with E-state index < -0.39 is 11.6 Å². The molecule has 0 radical (unpaired) electrons. The van der Waals surface area contributed by atoms with Crippen molar-refractivity contribution in [2.75, 3.05) is 33.9 Å². The Morgan fingerprint density at radius 2 is 2.05 bits per heavy atom. The van der Waals surface area contributed by atoms with Gasteiger partial charge in [0.2, 0.25) is 0 Å². The molecule has 114 valence electrons. The lowest BCUT2D eigenvalue weighted by Crippen LogP contribution is -2.40. The summed E-state index contributed by atoms with van der Waals surface area (Å²) < 4.78 is 32.4. The molecule has 1 aromatic rings. The Bertz CT molecular complexity index is 415. The van der Waals surface area contributed by atoms with Crippen LogP contribution in [0.2, 0.25) is 0 Å². The van der Waals surface area contributed by atoms with Gasteiger partial charge in [-0.15, -0.1) is 0 Å². The maximum absolute atomic E-state index is 13.9. The Kier molecular flexibility index (Phi) is 7.05. The molecule has 1 N–H and O–H groups in total. The van der Waals surface area contributed by atoms with Crippen molar-refractivity contribution < 1.29 is 13.5 Å². The quantitative estimate of drug-likeness (QED) is 0.795. The van der Waals surface area contributed by atoms with Gasteiger partial charge in [-0.2, -0.15) is 0 Å². The molecule has 0 saturated carbocycles. The maximum Gasteiger partial charge on any atom is 0.163 e. The van der Waals surface area contributed by atoms with E-state index in [1.54, 1.807) is 13.2 Å². The Morgan fingerprint density at radius 3 is 2.65 bits per heavy atom. The number of likely N-dealkylation sites (N-methyl/N-ethyl adjacent to an activating group) is 2. The van der Waals surface area contributed by atoms with Crippen molar-refractivity contribution in [2.45, 2.75) is 25.9 Å². The highest BCUT2D eigenvalue weighted by Crippen LogP contribution is 2.20. The minimum absolute atomic E-state index is 0.206. The summed E-state index contributed by atoms with van der Waals surface area (Å²) >= 11 is 0. The molecular formula is C15H24F2N2O. The average molecular weight is 286 g/mol. The molecule has 0 saturated heterocycles. The van der Waals surface area contributed by atoms with Crippen molar-refractivity contribution in [3.63, 3.8) is 0 Å². The van der Waals surface area contributed by atoms with Gasteiger partial charge in [0, 0.05) is 31.3 Å². The van der Waals surface area contributed by atoms with Crippen molar-refractivity contribution in [1.29, 1.82) is 0 Å². The second-order valence-electron chi connectivity index (χ2n) is 5.00. The summed E-state index contributed by atoms with van der Waals surface area (Å²) in [5.41, 5.74) is 0.364. The predicted molar refractivity (Wildman–Crippen MR) is 76.7 cm³/mol. The third kappa shape index (κ3) is 4.51. The molecule has 0 bridgehead atoms. The molecule has 0 heterocycles. The highest BCUT2D eigenvalue weighted by Gasteiger charge is 2.21. The molecule has 0 aliphatic carbocycles. The van der Waals surface area contributed by atoms with E-state index in [1.165, 1.54) is 6.07 Å². The molecule has 3 nitrogen and oxygen atoms in total. The van der Waals surface area contributed by atoms with Gasteiger partial charge >= 0.3 is 0 Å². The van der Waals surface area contributed by atoms with Gasteiger partial charge in [0.15, 0.2) is 11.6 Å². The van der Waals surface area contributed by atoms with Gasteiger partial charge in [-0.05, 0) is 26.6 Å². The van der Waals surface area contributed by atoms with Crippen LogP contribution in [-0.4, -0.2) is 44.8 Å². The second kappa shape index (κ2) is 8.29. The lowest BCUT2D eigenvalue weighted by atomic mass is 10.0. The van der Waals surface area contributed by atoms with Gasteiger partial charge in [-0.3, -0.25) is 4.90 Å². The smallest absolute Gasteiger partial charge is 0.163 e. The molecule has 2 atom stereocenters. The number of nitrogens with one attached hydrogen (secondary N) is 1. The number of hydrogen-bond acceptors (Lipinski definition) is 3. The molecule has 5 heteroatoms. The summed E-state index contributed by atoms with van der Waals surface area (Å²) in [6, 6.07) is 4.26. The third-order valence-electron chi connectivity index (χ3n) is 3.44. The Morgan fingerprint density at radius 1 is 1.35 bits per heavy atom. The van der Waals surface area contributed by atoms with Gasteiger partial charge < -0.3 is 10.1 Å². The van der Waals surface area contributed by atoms with Crippen LogP contribution >= 0.6 is 0 Å². The van der Waals surface area contributed by atoms with Crippen LogP contribution in [0.3, 0.4) is 0 Å². The molecule has 0 fully saturated rings. The van der Waals surface area contributed by atoms with Gasteiger partial charge in [0.25, 0.3) is 0 Å². The lowest BCUT2D eigenvalue weighted by molar-refractivity contribution is 0.109. The van der Waals surface area contributed by atoms with E-state index in [0.717, 1.165) is 6.07 Å². The first-order valence-electron chi connectivity index (χ1n) is 6.87. The summed E-state index contributed by atoms with van der Waals surface area (Å²) in [5.74, 6) is -1.58. The zero-order valence-electron chi connectivity index (χ0n) is 12.6. The molecule has 0 aliphatic heterocycles. The number of methoxy groups -OCH3 is 1. The first-order valence-corrected chi connectivity index (χ1v) is 6.87. The zero-order chi connectivity index (χ0) is 15.1. The van der Waals surface area contributed by atoms with Gasteiger partial charge in [0.05, 0.1) is 6.61 Å². The number of ether oxygens (including phenoxy) is 1. The standard InChI is InChI=1S/C15H24F2N2O/c1-5-18-14(9-19(3)11(2)10-20-4)12-7-6-8-13(16)15(12)17/h6-8,11,14,18H,5,9-10H2,1-4H3. The molecule has 0 spiro atoms. The van der Waals surface area contributed by atoms with Crippen LogP contribution in [-0.2, 0) is 4.74 Å². The van der Waals surface area contributed by atoms with Crippen LogP contribution < -0.4 is 5.32 Å². The number of benzene rings is 1. The van der Waals surface area contributed by atoms with Crippen LogP contribution in [0.1, 0.15) is 25.5 Å². The summed E-state index contributed by atoms with van der Waals surface area (Å²) in [7, 11) is 3.60. The molecule has 0 aromatic heterocycles. The van der Waals surface area contributed by atoms with Crippen LogP contribution in [0.25, 0.3) is 0 Å². The topological polar surface area (TPSA) is 24.5 Å². The average Bonchev–Trinajstić information content (AvgIpc) is 2.41. The van der Waals surface area contributed by atoms with E-state index in [-0.39, 0.29) is 12.1 Å². The SMILES string of the molecule is CCNC(CN(C)C(C)COC)c1cccc(F)c1F. The molecule has 0 amide bonds. The number of nitrogens with zero attached hydrogens (tertiary/aromatic N) is 1. The summed E-state index contributed by atoms with van der Waals surface area (Å²) in [4.78, 5) is 2.07. The molecular weight excluding hydrogens is 262 g/mol. The Balaban J connectivity index is 2.86. The fraction of sp³-hybridized carbons (Fsp3) is 0.600. The second-order valence-corrected chi connectivity index (χ2v) is 5.00. The predicted octanol–water partition coefficient (Wildman–Crippen LogP) is 2.58. The van der Waals surface area contributed by atoms with E-state index in [0.29, 0.717) is 25.3 Å². The van der Waals surface area contributed by atoms with E-state index >= 15 is 0 Å². The van der Waals surface area contributed by atoms with Gasteiger partial charge in [-0.1, -0.05) is 19.1 Å². The molecule has 1 aromatic carbocycles. The summed E-state index contributed by atoms with van der Waals surface area (Å²) in [6.07, 6.45) is 0. The van der Waals surface area contributed by atoms with Crippen molar-refractivity contribution in [2.24, 2.45) is 0 Å². The Labute approximate surface area is 119 Å². The van der Waals surface area contributed by atoms with Crippen LogP contribution in [0.15, 0.2) is 18.2 Å². The number of rotatable bonds is 8. The first-order chi connectivity index (χ1) is 9.51. The molecule has 0 aliphatic rings. The number of halogens is 2. The van der Waals surface area contributed by atoms with E-state index in [2.05, 4.69) is 10.2 Å². The van der Waals surface area contributed by atoms with E-state index in [1.807, 2.05) is 20.9 Å².